The molecule has 0 bridgehead atoms. The van der Waals surface area contributed by atoms with E-state index in [1.807, 2.05) is 25.7 Å². The van der Waals surface area contributed by atoms with Crippen molar-refractivity contribution in [2.75, 3.05) is 13.1 Å². The van der Waals surface area contributed by atoms with E-state index >= 15 is 0 Å². The number of likely N-dealkylation sites (tertiary alicyclic amines) is 1. The summed E-state index contributed by atoms with van der Waals surface area (Å²) in [7, 11) is 0. The zero-order chi connectivity index (χ0) is 12.3. The van der Waals surface area contributed by atoms with Crippen LogP contribution in [0, 0.1) is 5.92 Å². The average Bonchev–Trinajstić information content (AvgIpc) is 2.15. The van der Waals surface area contributed by atoms with Crippen molar-refractivity contribution in [1.29, 1.82) is 0 Å². The highest BCUT2D eigenvalue weighted by atomic mass is 79.9. The van der Waals surface area contributed by atoms with Crippen LogP contribution in [0.1, 0.15) is 40.5 Å². The summed E-state index contributed by atoms with van der Waals surface area (Å²) in [6.45, 7) is 9.48. The van der Waals surface area contributed by atoms with E-state index in [1.165, 1.54) is 6.42 Å². The molecule has 1 aliphatic rings. The number of halogens is 1. The molecule has 0 aromatic rings. The van der Waals surface area contributed by atoms with Gasteiger partial charge in [0, 0.05) is 17.9 Å². The quantitative estimate of drug-likeness (QED) is 0.693. The van der Waals surface area contributed by atoms with Gasteiger partial charge in [0.25, 0.3) is 0 Å². The Morgan fingerprint density at radius 1 is 1.50 bits per heavy atom. The van der Waals surface area contributed by atoms with Crippen molar-refractivity contribution in [3.05, 3.63) is 0 Å². The van der Waals surface area contributed by atoms with E-state index in [2.05, 4.69) is 22.9 Å². The molecule has 0 N–H and O–H groups in total. The first-order valence-electron chi connectivity index (χ1n) is 5.91. The molecular formula is C12H22BrNO2. The first-order chi connectivity index (χ1) is 7.29. The number of carbonyl (C=O) groups is 1. The standard InChI is InChI=1S/C12H22BrNO2/c1-9(13)10-6-5-7-14(8-10)11(15)16-12(2,3)4/h9-10H,5-8H2,1-4H3. The van der Waals surface area contributed by atoms with Crippen LogP contribution in [0.4, 0.5) is 4.79 Å². The van der Waals surface area contributed by atoms with Crippen molar-refractivity contribution >= 4 is 22.0 Å². The van der Waals surface area contributed by atoms with E-state index in [-0.39, 0.29) is 6.09 Å². The van der Waals surface area contributed by atoms with Crippen molar-refractivity contribution in [2.24, 2.45) is 5.92 Å². The van der Waals surface area contributed by atoms with Gasteiger partial charge in [0.05, 0.1) is 0 Å². The second-order valence-electron chi connectivity index (χ2n) is 5.51. The lowest BCUT2D eigenvalue weighted by Gasteiger charge is -2.35. The Hall–Kier alpha value is -0.250. The number of carbonyl (C=O) groups excluding carboxylic acids is 1. The molecule has 1 rings (SSSR count). The van der Waals surface area contributed by atoms with Crippen molar-refractivity contribution in [1.82, 2.24) is 4.90 Å². The van der Waals surface area contributed by atoms with Crippen LogP contribution in [0.5, 0.6) is 0 Å². The van der Waals surface area contributed by atoms with Crippen LogP contribution in [-0.2, 0) is 4.74 Å². The number of hydrogen-bond acceptors (Lipinski definition) is 2. The van der Waals surface area contributed by atoms with Crippen molar-refractivity contribution in [3.63, 3.8) is 0 Å². The molecule has 4 heteroatoms. The second kappa shape index (κ2) is 5.39. The predicted octanol–water partition coefficient (Wildman–Crippen LogP) is 3.42. The van der Waals surface area contributed by atoms with Crippen molar-refractivity contribution < 1.29 is 9.53 Å². The largest absolute Gasteiger partial charge is 0.444 e. The van der Waals surface area contributed by atoms with Crippen LogP contribution in [0.2, 0.25) is 0 Å². The number of hydrogen-bond donors (Lipinski definition) is 0. The minimum atomic E-state index is -0.399. The highest BCUT2D eigenvalue weighted by Crippen LogP contribution is 2.25. The number of ether oxygens (including phenoxy) is 1. The number of piperidine rings is 1. The third kappa shape index (κ3) is 4.32. The summed E-state index contributed by atoms with van der Waals surface area (Å²) >= 11 is 3.60. The van der Waals surface area contributed by atoms with Gasteiger partial charge in [-0.3, -0.25) is 0 Å². The summed E-state index contributed by atoms with van der Waals surface area (Å²) in [4.78, 5) is 14.2. The summed E-state index contributed by atoms with van der Waals surface area (Å²) in [6, 6.07) is 0. The van der Waals surface area contributed by atoms with Crippen LogP contribution in [0.25, 0.3) is 0 Å². The monoisotopic (exact) mass is 291 g/mol. The molecule has 1 fully saturated rings. The third-order valence-electron chi connectivity index (χ3n) is 2.76. The van der Waals surface area contributed by atoms with Gasteiger partial charge in [-0.25, -0.2) is 4.79 Å². The fourth-order valence-corrected chi connectivity index (χ4v) is 2.31. The SMILES string of the molecule is CC(Br)C1CCCN(C(=O)OC(C)(C)C)C1. The van der Waals surface area contributed by atoms with Crippen LogP contribution >= 0.6 is 15.9 Å². The first-order valence-corrected chi connectivity index (χ1v) is 6.83. The second-order valence-corrected chi connectivity index (χ2v) is 6.95. The summed E-state index contributed by atoms with van der Waals surface area (Å²) in [5.74, 6) is 0.543. The summed E-state index contributed by atoms with van der Waals surface area (Å²) in [6.07, 6.45) is 2.08. The molecule has 0 radical (unpaired) electrons. The van der Waals surface area contributed by atoms with Crippen LogP contribution in [0.3, 0.4) is 0 Å². The summed E-state index contributed by atoms with van der Waals surface area (Å²) in [5.41, 5.74) is -0.399. The van der Waals surface area contributed by atoms with Gasteiger partial charge in [-0.05, 0) is 39.5 Å². The van der Waals surface area contributed by atoms with Gasteiger partial charge in [-0.15, -0.1) is 0 Å². The predicted molar refractivity (Wildman–Crippen MR) is 68.9 cm³/mol. The summed E-state index contributed by atoms with van der Waals surface area (Å²) in [5, 5.41) is 0. The molecular weight excluding hydrogens is 270 g/mol. The van der Waals surface area contributed by atoms with Crippen LogP contribution in [0.15, 0.2) is 0 Å². The number of amides is 1. The highest BCUT2D eigenvalue weighted by Gasteiger charge is 2.29. The Kier molecular flexibility index (Phi) is 4.65. The van der Waals surface area contributed by atoms with E-state index in [9.17, 15) is 4.79 Å². The molecule has 2 atom stereocenters. The molecule has 0 spiro atoms. The Labute approximate surface area is 107 Å². The number of rotatable bonds is 1. The molecule has 3 nitrogen and oxygen atoms in total. The first kappa shape index (κ1) is 13.8. The molecule has 1 heterocycles. The van der Waals surface area contributed by atoms with Crippen LogP contribution < -0.4 is 0 Å². The number of alkyl halides is 1. The highest BCUT2D eigenvalue weighted by molar-refractivity contribution is 9.09. The Bertz CT molecular complexity index is 248. The molecule has 0 aromatic heterocycles. The van der Waals surface area contributed by atoms with Crippen molar-refractivity contribution in [2.45, 2.75) is 51.0 Å². The molecule has 0 aromatic carbocycles. The van der Waals surface area contributed by atoms with Gasteiger partial charge < -0.3 is 9.64 Å². The average molecular weight is 292 g/mol. The lowest BCUT2D eigenvalue weighted by atomic mass is 9.96. The maximum atomic E-state index is 11.9. The third-order valence-corrected chi connectivity index (χ3v) is 3.51. The minimum absolute atomic E-state index is 0.176. The molecule has 1 amide bonds. The molecule has 1 aliphatic heterocycles. The van der Waals surface area contributed by atoms with Gasteiger partial charge >= 0.3 is 6.09 Å². The smallest absolute Gasteiger partial charge is 0.410 e. The number of nitrogens with zero attached hydrogens (tertiary/aromatic N) is 1. The summed E-state index contributed by atoms with van der Waals surface area (Å²) < 4.78 is 5.38. The van der Waals surface area contributed by atoms with Gasteiger partial charge in [0.1, 0.15) is 5.60 Å². The van der Waals surface area contributed by atoms with Gasteiger partial charge in [0.2, 0.25) is 0 Å². The minimum Gasteiger partial charge on any atom is -0.444 e. The maximum absolute atomic E-state index is 11.9. The zero-order valence-corrected chi connectivity index (χ0v) is 12.2. The van der Waals surface area contributed by atoms with Gasteiger partial charge in [-0.1, -0.05) is 22.9 Å². The fourth-order valence-electron chi connectivity index (χ4n) is 1.88. The van der Waals surface area contributed by atoms with E-state index in [0.29, 0.717) is 10.7 Å². The fraction of sp³-hybridized carbons (Fsp3) is 0.917. The van der Waals surface area contributed by atoms with Crippen molar-refractivity contribution in [3.8, 4) is 0 Å². The Morgan fingerprint density at radius 3 is 2.62 bits per heavy atom. The zero-order valence-electron chi connectivity index (χ0n) is 10.6. The Morgan fingerprint density at radius 2 is 2.12 bits per heavy atom. The molecule has 1 saturated heterocycles. The molecule has 16 heavy (non-hydrogen) atoms. The van der Waals surface area contributed by atoms with E-state index in [4.69, 9.17) is 4.74 Å². The van der Waals surface area contributed by atoms with E-state index in [1.54, 1.807) is 0 Å². The van der Waals surface area contributed by atoms with Gasteiger partial charge in [-0.2, -0.15) is 0 Å². The van der Waals surface area contributed by atoms with Crippen LogP contribution in [-0.4, -0.2) is 34.5 Å². The topological polar surface area (TPSA) is 29.5 Å². The molecule has 2 unspecified atom stereocenters. The van der Waals surface area contributed by atoms with E-state index in [0.717, 1.165) is 19.5 Å². The Balaban J connectivity index is 2.50. The lowest BCUT2D eigenvalue weighted by Crippen LogP contribution is -2.44. The molecule has 0 aliphatic carbocycles. The van der Waals surface area contributed by atoms with E-state index < -0.39 is 5.60 Å². The molecule has 94 valence electrons. The normalized spacial score (nSPS) is 24.1. The van der Waals surface area contributed by atoms with Gasteiger partial charge in [0.15, 0.2) is 0 Å². The molecule has 0 saturated carbocycles. The lowest BCUT2D eigenvalue weighted by molar-refractivity contribution is 0.0168. The maximum Gasteiger partial charge on any atom is 0.410 e.